The number of fused-ring (bicyclic) bond motifs is 2. The van der Waals surface area contributed by atoms with E-state index in [0.29, 0.717) is 26.3 Å². The number of morpholine rings is 1. The Bertz CT molecular complexity index is 681. The molecule has 1 aromatic carbocycles. The molecule has 1 aliphatic carbocycles. The summed E-state index contributed by atoms with van der Waals surface area (Å²) in [5.41, 5.74) is 2.79. The predicted molar refractivity (Wildman–Crippen MR) is 94.0 cm³/mol. The molecule has 0 radical (unpaired) electrons. The van der Waals surface area contributed by atoms with E-state index < -0.39 is 6.04 Å². The second kappa shape index (κ2) is 6.45. The largest absolute Gasteiger partial charge is 0.377 e. The second-order valence-corrected chi connectivity index (χ2v) is 7.64. The summed E-state index contributed by atoms with van der Waals surface area (Å²) in [5.74, 6) is -0.00897. The number of benzene rings is 1. The number of carbonyl (C=O) groups is 2. The van der Waals surface area contributed by atoms with E-state index in [-0.39, 0.29) is 17.2 Å². The van der Waals surface area contributed by atoms with E-state index in [1.807, 2.05) is 4.90 Å². The Morgan fingerprint density at radius 2 is 1.96 bits per heavy atom. The van der Waals surface area contributed by atoms with E-state index >= 15 is 0 Å². The quantitative estimate of drug-likeness (QED) is 0.785. The molecule has 0 bridgehead atoms. The van der Waals surface area contributed by atoms with Gasteiger partial charge in [0.1, 0.15) is 6.04 Å². The summed E-state index contributed by atoms with van der Waals surface area (Å²) in [4.78, 5) is 28.9. The molecule has 4 rings (SSSR count). The third kappa shape index (κ3) is 2.84. The molecule has 0 N–H and O–H groups in total. The topological polar surface area (TPSA) is 49.9 Å². The highest BCUT2D eigenvalue weighted by molar-refractivity contribution is 5.87. The third-order valence-electron chi connectivity index (χ3n) is 6.13. The van der Waals surface area contributed by atoms with Crippen molar-refractivity contribution in [2.24, 2.45) is 0 Å². The number of hydrogen-bond donors (Lipinski definition) is 0. The first-order valence-corrected chi connectivity index (χ1v) is 9.33. The van der Waals surface area contributed by atoms with Gasteiger partial charge in [-0.15, -0.1) is 0 Å². The van der Waals surface area contributed by atoms with Crippen LogP contribution in [0.15, 0.2) is 24.3 Å². The van der Waals surface area contributed by atoms with Crippen molar-refractivity contribution in [2.45, 2.75) is 50.6 Å². The first kappa shape index (κ1) is 16.6. The average molecular weight is 342 g/mol. The van der Waals surface area contributed by atoms with Crippen molar-refractivity contribution in [3.63, 3.8) is 0 Å². The lowest BCUT2D eigenvalue weighted by atomic mass is 9.73. The van der Waals surface area contributed by atoms with Crippen molar-refractivity contribution in [3.8, 4) is 0 Å². The molecule has 3 aliphatic rings. The fourth-order valence-corrected chi connectivity index (χ4v) is 4.92. The number of hydrogen-bond acceptors (Lipinski definition) is 3. The summed E-state index contributed by atoms with van der Waals surface area (Å²) in [5, 5.41) is 0. The molecule has 1 atom stereocenters. The number of rotatable bonds is 1. The summed E-state index contributed by atoms with van der Waals surface area (Å²) >= 11 is 0. The maximum Gasteiger partial charge on any atom is 0.248 e. The van der Waals surface area contributed by atoms with E-state index in [0.717, 1.165) is 19.4 Å². The van der Waals surface area contributed by atoms with Crippen molar-refractivity contribution >= 4 is 11.8 Å². The zero-order valence-electron chi connectivity index (χ0n) is 14.9. The highest BCUT2D eigenvalue weighted by Gasteiger charge is 2.44. The SMILES string of the molecule is CC(=O)N1CCOCC1C(=O)N1Cc2ccccc2C2(CCCC2)C1. The molecular weight excluding hydrogens is 316 g/mol. The first-order chi connectivity index (χ1) is 12.1. The lowest BCUT2D eigenvalue weighted by molar-refractivity contribution is -0.154. The van der Waals surface area contributed by atoms with Crippen molar-refractivity contribution in [1.29, 1.82) is 0 Å². The standard InChI is InChI=1S/C20H26N2O3/c1-15(23)22-10-11-25-13-18(22)19(24)21-12-16-6-2-3-7-17(16)20(14-21)8-4-5-9-20/h2-3,6-7,18H,4-5,8-14H2,1H3. The van der Waals surface area contributed by atoms with Crippen LogP contribution in [0.1, 0.15) is 43.7 Å². The smallest absolute Gasteiger partial charge is 0.248 e. The first-order valence-electron chi connectivity index (χ1n) is 9.33. The van der Waals surface area contributed by atoms with Crippen LogP contribution < -0.4 is 0 Å². The molecule has 25 heavy (non-hydrogen) atoms. The number of nitrogens with zero attached hydrogens (tertiary/aromatic N) is 2. The zero-order chi connectivity index (χ0) is 17.4. The molecule has 2 heterocycles. The normalized spacial score (nSPS) is 25.1. The van der Waals surface area contributed by atoms with Crippen molar-refractivity contribution < 1.29 is 14.3 Å². The van der Waals surface area contributed by atoms with Crippen molar-refractivity contribution in [2.75, 3.05) is 26.3 Å². The van der Waals surface area contributed by atoms with Gasteiger partial charge in [0.2, 0.25) is 11.8 Å². The van der Waals surface area contributed by atoms with E-state index in [1.54, 1.807) is 4.90 Å². The van der Waals surface area contributed by atoms with Crippen LogP contribution in [0.2, 0.25) is 0 Å². The number of ether oxygens (including phenoxy) is 1. The molecule has 5 nitrogen and oxygen atoms in total. The monoisotopic (exact) mass is 342 g/mol. The van der Waals surface area contributed by atoms with Crippen LogP contribution in [0.4, 0.5) is 0 Å². The highest BCUT2D eigenvalue weighted by atomic mass is 16.5. The van der Waals surface area contributed by atoms with Crippen LogP contribution in [-0.2, 0) is 26.3 Å². The van der Waals surface area contributed by atoms with E-state index in [1.165, 1.54) is 30.9 Å². The number of carbonyl (C=O) groups excluding carboxylic acids is 2. The molecule has 1 saturated carbocycles. The van der Waals surface area contributed by atoms with Gasteiger partial charge >= 0.3 is 0 Å². The summed E-state index contributed by atoms with van der Waals surface area (Å²) in [7, 11) is 0. The Hall–Kier alpha value is -1.88. The predicted octanol–water partition coefficient (Wildman–Crippen LogP) is 2.09. The lowest BCUT2D eigenvalue weighted by Crippen LogP contribution is -2.58. The van der Waals surface area contributed by atoms with E-state index in [2.05, 4.69) is 24.3 Å². The van der Waals surface area contributed by atoms with Crippen LogP contribution in [0.3, 0.4) is 0 Å². The Labute approximate surface area is 148 Å². The summed E-state index contributed by atoms with van der Waals surface area (Å²) in [6, 6.07) is 8.09. The maximum atomic E-state index is 13.3. The summed E-state index contributed by atoms with van der Waals surface area (Å²) in [6.45, 7) is 4.26. The van der Waals surface area contributed by atoms with Crippen LogP contribution in [0.5, 0.6) is 0 Å². The minimum absolute atomic E-state index is 0.0377. The molecule has 1 saturated heterocycles. The third-order valence-corrected chi connectivity index (χ3v) is 6.13. The Balaban J connectivity index is 1.63. The van der Waals surface area contributed by atoms with Crippen LogP contribution in [-0.4, -0.2) is 54.0 Å². The van der Waals surface area contributed by atoms with Gasteiger partial charge in [-0.2, -0.15) is 0 Å². The van der Waals surface area contributed by atoms with Gasteiger partial charge in [0, 0.05) is 32.0 Å². The molecule has 0 aromatic heterocycles. The van der Waals surface area contributed by atoms with Crippen LogP contribution >= 0.6 is 0 Å². The molecule has 134 valence electrons. The van der Waals surface area contributed by atoms with Gasteiger partial charge in [0.15, 0.2) is 0 Å². The molecule has 1 aromatic rings. The molecule has 2 fully saturated rings. The van der Waals surface area contributed by atoms with Gasteiger partial charge in [0.25, 0.3) is 0 Å². The molecule has 2 amide bonds. The molecule has 1 spiro atoms. The van der Waals surface area contributed by atoms with E-state index in [9.17, 15) is 9.59 Å². The van der Waals surface area contributed by atoms with Gasteiger partial charge in [-0.3, -0.25) is 9.59 Å². The number of amides is 2. The minimum atomic E-state index is -0.477. The average Bonchev–Trinajstić information content (AvgIpc) is 3.10. The molecule has 5 heteroatoms. The molecular formula is C20H26N2O3. The van der Waals surface area contributed by atoms with Gasteiger partial charge in [-0.1, -0.05) is 37.1 Å². The van der Waals surface area contributed by atoms with Crippen LogP contribution in [0.25, 0.3) is 0 Å². The maximum absolute atomic E-state index is 13.3. The Morgan fingerprint density at radius 1 is 1.20 bits per heavy atom. The van der Waals surface area contributed by atoms with Gasteiger partial charge < -0.3 is 14.5 Å². The van der Waals surface area contributed by atoms with Crippen molar-refractivity contribution in [1.82, 2.24) is 9.80 Å². The summed E-state index contributed by atoms with van der Waals surface area (Å²) in [6.07, 6.45) is 4.74. The Kier molecular flexibility index (Phi) is 4.28. The second-order valence-electron chi connectivity index (χ2n) is 7.64. The van der Waals surface area contributed by atoms with Crippen molar-refractivity contribution in [3.05, 3.63) is 35.4 Å². The zero-order valence-corrected chi connectivity index (χ0v) is 14.9. The Morgan fingerprint density at radius 3 is 2.72 bits per heavy atom. The van der Waals surface area contributed by atoms with Gasteiger partial charge in [-0.25, -0.2) is 0 Å². The fraction of sp³-hybridized carbons (Fsp3) is 0.600. The lowest BCUT2D eigenvalue weighted by Gasteiger charge is -2.45. The minimum Gasteiger partial charge on any atom is -0.377 e. The fourth-order valence-electron chi connectivity index (χ4n) is 4.92. The highest BCUT2D eigenvalue weighted by Crippen LogP contribution is 2.46. The van der Waals surface area contributed by atoms with Crippen LogP contribution in [0, 0.1) is 0 Å². The molecule has 2 aliphatic heterocycles. The summed E-state index contributed by atoms with van der Waals surface area (Å²) < 4.78 is 5.52. The van der Waals surface area contributed by atoms with Gasteiger partial charge in [0.05, 0.1) is 13.2 Å². The molecule has 1 unspecified atom stereocenters. The van der Waals surface area contributed by atoms with E-state index in [4.69, 9.17) is 4.74 Å². The van der Waals surface area contributed by atoms with Gasteiger partial charge in [-0.05, 0) is 24.0 Å².